The second kappa shape index (κ2) is 6.24. The first-order valence-electron chi connectivity index (χ1n) is 6.51. The largest absolute Gasteiger partial charge is 0.480 e. The summed E-state index contributed by atoms with van der Waals surface area (Å²) in [5, 5.41) is 9.01. The minimum Gasteiger partial charge on any atom is -0.480 e. The minimum absolute atomic E-state index is 0.358. The summed E-state index contributed by atoms with van der Waals surface area (Å²) in [6, 6.07) is 0.103. The second-order valence-electron chi connectivity index (χ2n) is 5.12. The van der Waals surface area contributed by atoms with E-state index in [1.54, 1.807) is 6.92 Å². The zero-order chi connectivity index (χ0) is 12.1. The van der Waals surface area contributed by atoms with E-state index in [1.807, 2.05) is 11.9 Å². The zero-order valence-electron chi connectivity index (χ0n) is 10.8. The number of rotatable bonds is 4. The normalized spacial score (nSPS) is 28.8. The van der Waals surface area contributed by atoms with Crippen molar-refractivity contribution in [1.82, 2.24) is 4.90 Å². The third-order valence-corrected chi connectivity index (χ3v) is 4.18. The molecule has 0 radical (unpaired) electrons. The third kappa shape index (κ3) is 3.48. The quantitative estimate of drug-likeness (QED) is 0.751. The number of carboxylic acid groups (broad SMARTS) is 1. The molecule has 3 unspecified atom stereocenters. The van der Waals surface area contributed by atoms with E-state index >= 15 is 0 Å². The highest BCUT2D eigenvalue weighted by Gasteiger charge is 2.26. The van der Waals surface area contributed by atoms with Crippen LogP contribution in [0.1, 0.15) is 52.4 Å². The van der Waals surface area contributed by atoms with Gasteiger partial charge in [-0.15, -0.1) is 0 Å². The molecular formula is C13H25NO2. The van der Waals surface area contributed by atoms with Crippen molar-refractivity contribution in [1.29, 1.82) is 0 Å². The van der Waals surface area contributed by atoms with Crippen LogP contribution in [0.25, 0.3) is 0 Å². The number of carbonyl (C=O) groups is 1. The molecule has 1 N–H and O–H groups in total. The summed E-state index contributed by atoms with van der Waals surface area (Å²) in [6.07, 6.45) is 7.42. The summed E-state index contributed by atoms with van der Waals surface area (Å²) in [7, 11) is 1.95. The number of aliphatic carboxylic acids is 1. The van der Waals surface area contributed by atoms with Gasteiger partial charge in [-0.25, -0.2) is 0 Å². The molecule has 1 rings (SSSR count). The smallest absolute Gasteiger partial charge is 0.320 e. The third-order valence-electron chi connectivity index (χ3n) is 4.18. The molecule has 1 aliphatic rings. The Hall–Kier alpha value is -0.570. The van der Waals surface area contributed by atoms with Gasteiger partial charge in [0.2, 0.25) is 0 Å². The molecule has 0 aromatic heterocycles. The lowest BCUT2D eigenvalue weighted by Crippen LogP contribution is -2.42. The summed E-state index contributed by atoms with van der Waals surface area (Å²) >= 11 is 0. The van der Waals surface area contributed by atoms with Crippen LogP contribution >= 0.6 is 0 Å². The maximum absolute atomic E-state index is 10.9. The van der Waals surface area contributed by atoms with Crippen molar-refractivity contribution in [3.8, 4) is 0 Å². The maximum Gasteiger partial charge on any atom is 0.320 e. The van der Waals surface area contributed by atoms with Crippen molar-refractivity contribution in [2.45, 2.75) is 64.5 Å². The fourth-order valence-electron chi connectivity index (χ4n) is 2.66. The molecule has 3 heteroatoms. The van der Waals surface area contributed by atoms with Gasteiger partial charge in [-0.05, 0) is 39.2 Å². The van der Waals surface area contributed by atoms with Crippen LogP contribution in [0.5, 0.6) is 0 Å². The number of nitrogens with zero attached hydrogens (tertiary/aromatic N) is 1. The van der Waals surface area contributed by atoms with E-state index in [2.05, 4.69) is 6.92 Å². The summed E-state index contributed by atoms with van der Waals surface area (Å²) in [5.41, 5.74) is 0. The average molecular weight is 227 g/mol. The van der Waals surface area contributed by atoms with E-state index in [1.165, 1.54) is 25.7 Å². The van der Waals surface area contributed by atoms with Gasteiger partial charge in [0.05, 0.1) is 0 Å². The lowest BCUT2D eigenvalue weighted by molar-refractivity contribution is -0.143. The van der Waals surface area contributed by atoms with E-state index in [9.17, 15) is 4.79 Å². The van der Waals surface area contributed by atoms with E-state index in [4.69, 9.17) is 5.11 Å². The van der Waals surface area contributed by atoms with E-state index in [-0.39, 0.29) is 6.04 Å². The molecule has 1 aliphatic carbocycles. The van der Waals surface area contributed by atoms with E-state index < -0.39 is 5.97 Å². The molecule has 0 bridgehead atoms. The molecule has 0 aliphatic heterocycles. The topological polar surface area (TPSA) is 40.5 Å². The minimum atomic E-state index is -0.709. The molecule has 3 atom stereocenters. The van der Waals surface area contributed by atoms with Crippen LogP contribution in [0.2, 0.25) is 0 Å². The first-order valence-corrected chi connectivity index (χ1v) is 6.51. The Kier molecular flexibility index (Phi) is 5.26. The first kappa shape index (κ1) is 13.5. The van der Waals surface area contributed by atoms with Crippen LogP contribution in [0.15, 0.2) is 0 Å². The van der Waals surface area contributed by atoms with Crippen molar-refractivity contribution >= 4 is 5.97 Å². The molecule has 0 aromatic rings. The first-order chi connectivity index (χ1) is 7.56. The second-order valence-corrected chi connectivity index (χ2v) is 5.12. The van der Waals surface area contributed by atoms with Gasteiger partial charge in [0.1, 0.15) is 6.04 Å². The van der Waals surface area contributed by atoms with Crippen molar-refractivity contribution in [2.24, 2.45) is 5.92 Å². The van der Waals surface area contributed by atoms with Crippen LogP contribution in [0.4, 0.5) is 0 Å². The molecule has 0 aromatic carbocycles. The molecule has 0 saturated heterocycles. The van der Waals surface area contributed by atoms with E-state index in [0.29, 0.717) is 6.04 Å². The van der Waals surface area contributed by atoms with Crippen molar-refractivity contribution in [2.75, 3.05) is 7.05 Å². The van der Waals surface area contributed by atoms with E-state index in [0.717, 1.165) is 18.8 Å². The monoisotopic (exact) mass is 227 g/mol. The molecular weight excluding hydrogens is 202 g/mol. The lowest BCUT2D eigenvalue weighted by atomic mass is 9.97. The summed E-state index contributed by atoms with van der Waals surface area (Å²) in [4.78, 5) is 13.0. The fraction of sp³-hybridized carbons (Fsp3) is 0.923. The maximum atomic E-state index is 10.9. The summed E-state index contributed by atoms with van der Waals surface area (Å²) in [6.45, 7) is 4.04. The molecule has 94 valence electrons. The van der Waals surface area contributed by atoms with Crippen LogP contribution in [-0.4, -0.2) is 35.1 Å². The number of likely N-dealkylation sites (N-methyl/N-ethyl adjacent to an activating group) is 1. The van der Waals surface area contributed by atoms with Gasteiger partial charge in [-0.2, -0.15) is 0 Å². The molecule has 1 saturated carbocycles. The summed E-state index contributed by atoms with van der Waals surface area (Å²) in [5.74, 6) is 0.150. The van der Waals surface area contributed by atoms with Gasteiger partial charge in [0, 0.05) is 6.04 Å². The molecule has 0 amide bonds. The lowest BCUT2D eigenvalue weighted by Gasteiger charge is -2.30. The van der Waals surface area contributed by atoms with Crippen molar-refractivity contribution in [3.05, 3.63) is 0 Å². The highest BCUT2D eigenvalue weighted by molar-refractivity contribution is 5.72. The molecule has 0 spiro atoms. The Morgan fingerprint density at radius 3 is 2.62 bits per heavy atom. The van der Waals surface area contributed by atoms with Gasteiger partial charge in [0.25, 0.3) is 0 Å². The predicted octanol–water partition coefficient (Wildman–Crippen LogP) is 2.75. The van der Waals surface area contributed by atoms with Crippen LogP contribution < -0.4 is 0 Å². The summed E-state index contributed by atoms with van der Waals surface area (Å²) < 4.78 is 0. The van der Waals surface area contributed by atoms with Gasteiger partial charge >= 0.3 is 5.97 Å². The zero-order valence-corrected chi connectivity index (χ0v) is 10.8. The fourth-order valence-corrected chi connectivity index (χ4v) is 2.66. The Balaban J connectivity index is 2.50. The molecule has 16 heavy (non-hydrogen) atoms. The standard InChI is InChI=1S/C13H25NO2/c1-4-11-6-5-7-12(9-8-11)14(3)10(2)13(15)16/h10-12H,4-9H2,1-3H3,(H,15,16). The number of hydrogen-bond acceptors (Lipinski definition) is 2. The Labute approximate surface area is 98.8 Å². The van der Waals surface area contributed by atoms with Crippen LogP contribution in [0, 0.1) is 5.92 Å². The molecule has 0 heterocycles. The molecule has 3 nitrogen and oxygen atoms in total. The van der Waals surface area contributed by atoms with Gasteiger partial charge in [-0.3, -0.25) is 9.69 Å². The van der Waals surface area contributed by atoms with Crippen LogP contribution in [0.3, 0.4) is 0 Å². The van der Waals surface area contributed by atoms with Gasteiger partial charge < -0.3 is 5.11 Å². The van der Waals surface area contributed by atoms with Gasteiger partial charge in [0.15, 0.2) is 0 Å². The van der Waals surface area contributed by atoms with Crippen molar-refractivity contribution < 1.29 is 9.90 Å². The number of carboxylic acids is 1. The van der Waals surface area contributed by atoms with Gasteiger partial charge in [-0.1, -0.05) is 26.2 Å². The van der Waals surface area contributed by atoms with Crippen LogP contribution in [-0.2, 0) is 4.79 Å². The highest BCUT2D eigenvalue weighted by Crippen LogP contribution is 2.28. The van der Waals surface area contributed by atoms with Crippen molar-refractivity contribution in [3.63, 3.8) is 0 Å². The predicted molar refractivity (Wildman–Crippen MR) is 65.5 cm³/mol. The average Bonchev–Trinajstić information content (AvgIpc) is 2.51. The number of hydrogen-bond donors (Lipinski definition) is 1. The molecule has 1 fully saturated rings. The highest BCUT2D eigenvalue weighted by atomic mass is 16.4. The SMILES string of the molecule is CCC1CCCC(N(C)C(C)C(=O)O)CC1. The Morgan fingerprint density at radius 1 is 1.38 bits per heavy atom. The Bertz CT molecular complexity index is 230. The Morgan fingerprint density at radius 2 is 2.06 bits per heavy atom.